The van der Waals surface area contributed by atoms with E-state index in [1.165, 1.54) is 17.0 Å². The number of nitrogens with zero attached hydrogens (tertiary/aromatic N) is 2. The fourth-order valence-electron chi connectivity index (χ4n) is 1.56. The molecule has 0 saturated carbocycles. The second-order valence-corrected chi connectivity index (χ2v) is 5.45. The Morgan fingerprint density at radius 3 is 2.33 bits per heavy atom. The predicted molar refractivity (Wildman–Crippen MR) is 75.8 cm³/mol. The van der Waals surface area contributed by atoms with Crippen LogP contribution in [-0.4, -0.2) is 34.3 Å². The van der Waals surface area contributed by atoms with Gasteiger partial charge in [-0.1, -0.05) is 12.1 Å². The molecule has 1 rings (SSSR count). The number of ether oxygens (including phenoxy) is 1. The van der Waals surface area contributed by atoms with Crippen molar-refractivity contribution in [2.75, 3.05) is 6.54 Å². The fourth-order valence-corrected chi connectivity index (χ4v) is 1.56. The van der Waals surface area contributed by atoms with E-state index in [1.54, 1.807) is 32.9 Å². The molecule has 0 fully saturated rings. The van der Waals surface area contributed by atoms with Gasteiger partial charge in [0.15, 0.2) is 0 Å². The number of hydrogen-bond acceptors (Lipinski definition) is 5. The zero-order valence-corrected chi connectivity index (χ0v) is 12.2. The number of carbonyl (C=O) groups excluding carboxylic acids is 2. The van der Waals surface area contributed by atoms with E-state index in [-0.39, 0.29) is 18.8 Å². The molecule has 0 unspecified atom stereocenters. The Bertz CT molecular complexity index is 519. The normalized spacial score (nSPS) is 10.8. The van der Waals surface area contributed by atoms with Crippen molar-refractivity contribution in [2.45, 2.75) is 32.9 Å². The molecular formula is C14H18N2O5. The van der Waals surface area contributed by atoms with Crippen LogP contribution in [0.15, 0.2) is 24.3 Å². The quantitative estimate of drug-likeness (QED) is 0.473. The van der Waals surface area contributed by atoms with Gasteiger partial charge in [-0.25, -0.2) is 4.79 Å². The summed E-state index contributed by atoms with van der Waals surface area (Å²) in [6, 6.07) is 5.79. The largest absolute Gasteiger partial charge is 0.444 e. The average Bonchev–Trinajstić information content (AvgIpc) is 2.36. The van der Waals surface area contributed by atoms with Gasteiger partial charge in [0, 0.05) is 18.7 Å². The third-order valence-electron chi connectivity index (χ3n) is 2.47. The Kier molecular flexibility index (Phi) is 5.40. The van der Waals surface area contributed by atoms with E-state index in [2.05, 4.69) is 0 Å². The van der Waals surface area contributed by atoms with Crippen molar-refractivity contribution in [3.63, 3.8) is 0 Å². The van der Waals surface area contributed by atoms with Crippen molar-refractivity contribution < 1.29 is 19.2 Å². The van der Waals surface area contributed by atoms with Gasteiger partial charge >= 0.3 is 6.09 Å². The van der Waals surface area contributed by atoms with Crippen molar-refractivity contribution in [2.24, 2.45) is 0 Å². The summed E-state index contributed by atoms with van der Waals surface area (Å²) in [6.45, 7) is 5.24. The highest BCUT2D eigenvalue weighted by molar-refractivity contribution is 5.71. The number of benzene rings is 1. The Hall–Kier alpha value is -2.44. The Labute approximate surface area is 122 Å². The van der Waals surface area contributed by atoms with Crippen molar-refractivity contribution in [1.82, 2.24) is 4.90 Å². The minimum absolute atomic E-state index is 0.0297. The lowest BCUT2D eigenvalue weighted by Crippen LogP contribution is -2.37. The molecule has 1 aromatic rings. The first-order valence-corrected chi connectivity index (χ1v) is 6.38. The summed E-state index contributed by atoms with van der Waals surface area (Å²) in [7, 11) is 0. The monoisotopic (exact) mass is 294 g/mol. The summed E-state index contributed by atoms with van der Waals surface area (Å²) in [5.41, 5.74) is -0.0143. The van der Waals surface area contributed by atoms with Gasteiger partial charge in [-0.3, -0.25) is 15.0 Å². The van der Waals surface area contributed by atoms with E-state index in [4.69, 9.17) is 4.74 Å². The van der Waals surface area contributed by atoms with Crippen molar-refractivity contribution in [3.8, 4) is 0 Å². The molecule has 1 aromatic carbocycles. The van der Waals surface area contributed by atoms with E-state index in [1.807, 2.05) is 0 Å². The van der Waals surface area contributed by atoms with Crippen LogP contribution < -0.4 is 0 Å². The molecule has 0 aliphatic heterocycles. The maximum Gasteiger partial charge on any atom is 0.410 e. The van der Waals surface area contributed by atoms with Gasteiger partial charge in [-0.2, -0.15) is 0 Å². The molecule has 0 atom stereocenters. The molecule has 0 aliphatic carbocycles. The molecule has 7 nitrogen and oxygen atoms in total. The molecule has 0 aliphatic rings. The van der Waals surface area contributed by atoms with Crippen LogP contribution in [0, 0.1) is 10.1 Å². The van der Waals surface area contributed by atoms with Crippen LogP contribution in [0.25, 0.3) is 0 Å². The second-order valence-electron chi connectivity index (χ2n) is 5.45. The van der Waals surface area contributed by atoms with Gasteiger partial charge in [0.05, 0.1) is 11.5 Å². The molecule has 0 saturated heterocycles. The summed E-state index contributed by atoms with van der Waals surface area (Å²) in [5.74, 6) is 0. The maximum atomic E-state index is 12.0. The first-order valence-electron chi connectivity index (χ1n) is 6.38. The first kappa shape index (κ1) is 16.6. The second kappa shape index (κ2) is 6.83. The molecule has 7 heteroatoms. The summed E-state index contributed by atoms with van der Waals surface area (Å²) >= 11 is 0. The molecule has 0 N–H and O–H groups in total. The van der Waals surface area contributed by atoms with E-state index < -0.39 is 16.6 Å². The minimum atomic E-state index is -0.659. The van der Waals surface area contributed by atoms with Crippen molar-refractivity contribution >= 4 is 18.1 Å². The third-order valence-corrected chi connectivity index (χ3v) is 2.47. The van der Waals surface area contributed by atoms with Gasteiger partial charge < -0.3 is 9.53 Å². The molecule has 1 amide bonds. The summed E-state index contributed by atoms with van der Waals surface area (Å²) in [5, 5.41) is 10.6. The number of nitro groups is 1. The van der Waals surface area contributed by atoms with E-state index >= 15 is 0 Å². The maximum absolute atomic E-state index is 12.0. The highest BCUT2D eigenvalue weighted by atomic mass is 16.6. The van der Waals surface area contributed by atoms with Gasteiger partial charge in [0.2, 0.25) is 0 Å². The number of amides is 1. The lowest BCUT2D eigenvalue weighted by molar-refractivity contribution is -0.384. The average molecular weight is 294 g/mol. The Morgan fingerprint density at radius 2 is 1.90 bits per heavy atom. The topological polar surface area (TPSA) is 89.8 Å². The van der Waals surface area contributed by atoms with Crippen LogP contribution in [0.1, 0.15) is 26.3 Å². The Balaban J connectivity index is 2.80. The van der Waals surface area contributed by atoms with Crippen LogP contribution >= 0.6 is 0 Å². The number of non-ortho nitro benzene ring substituents is 1. The highest BCUT2D eigenvalue weighted by Gasteiger charge is 2.22. The number of nitro benzene ring substituents is 1. The summed E-state index contributed by atoms with van der Waals surface area (Å²) in [6.07, 6.45) is 0.00271. The zero-order valence-electron chi connectivity index (χ0n) is 12.2. The third kappa shape index (κ3) is 5.60. The van der Waals surface area contributed by atoms with Gasteiger partial charge in [-0.15, -0.1) is 0 Å². The van der Waals surface area contributed by atoms with Crippen LogP contribution in [0.5, 0.6) is 0 Å². The van der Waals surface area contributed by atoms with Crippen LogP contribution in [-0.2, 0) is 16.1 Å². The standard InChI is InChI=1S/C14H18N2O5/c1-14(2,3)21-13(18)15(8-9-17)10-11-4-6-12(7-5-11)16(19)20/h4-7,9H,8,10H2,1-3H3. The zero-order chi connectivity index (χ0) is 16.0. The smallest absolute Gasteiger partial charge is 0.410 e. The van der Waals surface area contributed by atoms with Gasteiger partial charge in [0.1, 0.15) is 11.9 Å². The molecule has 0 aromatic heterocycles. The molecule has 114 valence electrons. The minimum Gasteiger partial charge on any atom is -0.444 e. The van der Waals surface area contributed by atoms with E-state index in [0.717, 1.165) is 0 Å². The summed E-state index contributed by atoms with van der Waals surface area (Å²) < 4.78 is 5.21. The molecule has 0 spiro atoms. The highest BCUT2D eigenvalue weighted by Crippen LogP contribution is 2.15. The Morgan fingerprint density at radius 1 is 1.33 bits per heavy atom. The lowest BCUT2D eigenvalue weighted by atomic mass is 10.2. The van der Waals surface area contributed by atoms with Gasteiger partial charge in [-0.05, 0) is 26.3 Å². The number of rotatable bonds is 5. The van der Waals surface area contributed by atoms with Crippen molar-refractivity contribution in [1.29, 1.82) is 0 Å². The predicted octanol–water partition coefficient (Wildman–Crippen LogP) is 2.53. The lowest BCUT2D eigenvalue weighted by Gasteiger charge is -2.26. The number of carbonyl (C=O) groups is 2. The molecule has 0 radical (unpaired) electrons. The molecular weight excluding hydrogens is 276 g/mol. The number of aldehydes is 1. The molecule has 0 bridgehead atoms. The van der Waals surface area contributed by atoms with Crippen LogP contribution in [0.4, 0.5) is 10.5 Å². The number of hydrogen-bond donors (Lipinski definition) is 0. The van der Waals surface area contributed by atoms with Crippen molar-refractivity contribution in [3.05, 3.63) is 39.9 Å². The molecule has 0 heterocycles. The SMILES string of the molecule is CC(C)(C)OC(=O)N(CC=O)Cc1ccc([N+](=O)[O-])cc1. The van der Waals surface area contributed by atoms with E-state index in [0.29, 0.717) is 11.8 Å². The van der Waals surface area contributed by atoms with Crippen LogP contribution in [0.2, 0.25) is 0 Å². The van der Waals surface area contributed by atoms with E-state index in [9.17, 15) is 19.7 Å². The van der Waals surface area contributed by atoms with Gasteiger partial charge in [0.25, 0.3) is 5.69 Å². The molecule has 21 heavy (non-hydrogen) atoms. The summed E-state index contributed by atoms with van der Waals surface area (Å²) in [4.78, 5) is 34.0. The first-order chi connectivity index (χ1) is 9.73. The van der Waals surface area contributed by atoms with Crippen LogP contribution in [0.3, 0.4) is 0 Å². The fraction of sp³-hybridized carbons (Fsp3) is 0.429.